The van der Waals surface area contributed by atoms with Crippen LogP contribution in [0.5, 0.6) is 0 Å². The Labute approximate surface area is 75.1 Å². The van der Waals surface area contributed by atoms with Crippen LogP contribution < -0.4 is 5.73 Å². The molecule has 0 fully saturated rings. The van der Waals surface area contributed by atoms with Gasteiger partial charge < -0.3 is 10.5 Å². The number of rotatable bonds is 3. The van der Waals surface area contributed by atoms with E-state index in [-0.39, 0.29) is 18.4 Å². The third-order valence-electron chi connectivity index (χ3n) is 1.52. The van der Waals surface area contributed by atoms with Crippen LogP contribution in [0, 0.1) is 0 Å². The molecule has 0 spiro atoms. The molecular formula is C8H11NO2S. The predicted octanol–water partition coefficient (Wildman–Crippen LogP) is 1.31. The first-order chi connectivity index (χ1) is 5.74. The van der Waals surface area contributed by atoms with Crippen LogP contribution in [0.1, 0.15) is 17.3 Å². The summed E-state index contributed by atoms with van der Waals surface area (Å²) in [5.74, 6) is -0.268. The van der Waals surface area contributed by atoms with E-state index in [4.69, 9.17) is 5.73 Å². The minimum Gasteiger partial charge on any atom is -0.469 e. The van der Waals surface area contributed by atoms with Crippen LogP contribution in [0.15, 0.2) is 17.5 Å². The summed E-state index contributed by atoms with van der Waals surface area (Å²) in [4.78, 5) is 11.8. The van der Waals surface area contributed by atoms with Gasteiger partial charge in [0.2, 0.25) is 0 Å². The molecule has 0 aliphatic heterocycles. The number of nitrogens with two attached hydrogens (primary N) is 1. The topological polar surface area (TPSA) is 52.3 Å². The first-order valence-corrected chi connectivity index (χ1v) is 4.48. The van der Waals surface area contributed by atoms with Crippen molar-refractivity contribution in [3.05, 3.63) is 22.4 Å². The zero-order chi connectivity index (χ0) is 8.97. The summed E-state index contributed by atoms with van der Waals surface area (Å²) in [5.41, 5.74) is 5.73. The molecule has 1 aromatic rings. The van der Waals surface area contributed by atoms with E-state index in [9.17, 15) is 4.79 Å². The molecule has 0 unspecified atom stereocenters. The molecule has 4 heteroatoms. The molecular weight excluding hydrogens is 174 g/mol. The maximum atomic E-state index is 10.8. The lowest BCUT2D eigenvalue weighted by atomic mass is 10.2. The Morgan fingerprint density at radius 1 is 1.83 bits per heavy atom. The molecule has 66 valence electrons. The van der Waals surface area contributed by atoms with Crippen LogP contribution in [0.3, 0.4) is 0 Å². The largest absolute Gasteiger partial charge is 0.469 e. The van der Waals surface area contributed by atoms with Crippen molar-refractivity contribution in [3.8, 4) is 0 Å². The number of carbonyl (C=O) groups excluding carboxylic acids is 1. The van der Waals surface area contributed by atoms with Crippen molar-refractivity contribution >= 4 is 17.3 Å². The van der Waals surface area contributed by atoms with Crippen molar-refractivity contribution in [1.29, 1.82) is 0 Å². The number of hydrogen-bond donors (Lipinski definition) is 1. The fourth-order valence-corrected chi connectivity index (χ4v) is 1.60. The zero-order valence-corrected chi connectivity index (χ0v) is 7.64. The highest BCUT2D eigenvalue weighted by Gasteiger charge is 2.11. The summed E-state index contributed by atoms with van der Waals surface area (Å²) >= 11 is 1.55. The second-order valence-electron chi connectivity index (χ2n) is 2.40. The van der Waals surface area contributed by atoms with Crippen LogP contribution >= 0.6 is 11.3 Å². The van der Waals surface area contributed by atoms with E-state index < -0.39 is 0 Å². The number of ether oxygens (including phenoxy) is 1. The number of carbonyl (C=O) groups is 1. The van der Waals surface area contributed by atoms with Crippen molar-refractivity contribution in [2.75, 3.05) is 7.11 Å². The monoisotopic (exact) mass is 185 g/mol. The highest BCUT2D eigenvalue weighted by Crippen LogP contribution is 2.19. The van der Waals surface area contributed by atoms with Gasteiger partial charge in [0.15, 0.2) is 0 Å². The molecule has 0 aliphatic rings. The van der Waals surface area contributed by atoms with Gasteiger partial charge in [0, 0.05) is 10.9 Å². The molecule has 0 saturated carbocycles. The molecule has 12 heavy (non-hydrogen) atoms. The molecule has 2 N–H and O–H groups in total. The standard InChI is InChI=1S/C8H11NO2S/c1-11-8(10)5-6(9)7-3-2-4-12-7/h2-4,6H,5,9H2,1H3/t6-/m0/s1. The zero-order valence-electron chi connectivity index (χ0n) is 6.82. The van der Waals surface area contributed by atoms with Crippen LogP contribution in [-0.4, -0.2) is 13.1 Å². The molecule has 1 atom stereocenters. The normalized spacial score (nSPS) is 12.5. The molecule has 0 aromatic carbocycles. The Hall–Kier alpha value is -0.870. The molecule has 0 saturated heterocycles. The highest BCUT2D eigenvalue weighted by atomic mass is 32.1. The van der Waals surface area contributed by atoms with Gasteiger partial charge in [0.25, 0.3) is 0 Å². The van der Waals surface area contributed by atoms with E-state index in [2.05, 4.69) is 4.74 Å². The van der Waals surface area contributed by atoms with Gasteiger partial charge in [0.1, 0.15) is 0 Å². The van der Waals surface area contributed by atoms with Crippen molar-refractivity contribution in [3.63, 3.8) is 0 Å². The Morgan fingerprint density at radius 3 is 3.08 bits per heavy atom. The molecule has 1 aromatic heterocycles. The van der Waals surface area contributed by atoms with E-state index in [0.29, 0.717) is 0 Å². The molecule has 1 rings (SSSR count). The van der Waals surface area contributed by atoms with Gasteiger partial charge in [-0.3, -0.25) is 4.79 Å². The number of thiophene rings is 1. The van der Waals surface area contributed by atoms with Gasteiger partial charge in [-0.15, -0.1) is 11.3 Å². The lowest BCUT2D eigenvalue weighted by Crippen LogP contribution is -2.14. The summed E-state index contributed by atoms with van der Waals surface area (Å²) in [6.07, 6.45) is 0.247. The fourth-order valence-electron chi connectivity index (χ4n) is 0.866. The number of esters is 1. The number of methoxy groups -OCH3 is 1. The van der Waals surface area contributed by atoms with Crippen LogP contribution in [0.25, 0.3) is 0 Å². The average molecular weight is 185 g/mol. The fraction of sp³-hybridized carbons (Fsp3) is 0.375. The van der Waals surface area contributed by atoms with Crippen molar-refractivity contribution < 1.29 is 9.53 Å². The molecule has 3 nitrogen and oxygen atoms in total. The smallest absolute Gasteiger partial charge is 0.307 e. The first-order valence-electron chi connectivity index (χ1n) is 3.60. The van der Waals surface area contributed by atoms with E-state index in [1.165, 1.54) is 7.11 Å². The summed E-state index contributed by atoms with van der Waals surface area (Å²) in [5, 5.41) is 1.94. The van der Waals surface area contributed by atoms with Crippen molar-refractivity contribution in [2.24, 2.45) is 5.73 Å². The van der Waals surface area contributed by atoms with E-state index in [1.807, 2.05) is 17.5 Å². The summed E-state index contributed by atoms with van der Waals surface area (Å²) in [6, 6.07) is 3.60. The van der Waals surface area contributed by atoms with E-state index >= 15 is 0 Å². The predicted molar refractivity (Wildman–Crippen MR) is 47.9 cm³/mol. The van der Waals surface area contributed by atoms with Crippen LogP contribution in [0.2, 0.25) is 0 Å². The van der Waals surface area contributed by atoms with Crippen molar-refractivity contribution in [2.45, 2.75) is 12.5 Å². The average Bonchev–Trinajstić information content (AvgIpc) is 2.56. The maximum Gasteiger partial charge on any atom is 0.307 e. The van der Waals surface area contributed by atoms with Crippen LogP contribution in [-0.2, 0) is 9.53 Å². The Kier molecular flexibility index (Phi) is 3.25. The molecule has 0 bridgehead atoms. The Balaban J connectivity index is 2.49. The Morgan fingerprint density at radius 2 is 2.58 bits per heavy atom. The maximum absolute atomic E-state index is 10.8. The van der Waals surface area contributed by atoms with Gasteiger partial charge in [-0.25, -0.2) is 0 Å². The SMILES string of the molecule is COC(=O)C[C@H](N)c1cccs1. The lowest BCUT2D eigenvalue weighted by Gasteiger charge is -2.06. The molecule has 1 heterocycles. The number of hydrogen-bond acceptors (Lipinski definition) is 4. The van der Waals surface area contributed by atoms with Gasteiger partial charge in [0.05, 0.1) is 13.5 Å². The van der Waals surface area contributed by atoms with E-state index in [1.54, 1.807) is 11.3 Å². The van der Waals surface area contributed by atoms with Crippen molar-refractivity contribution in [1.82, 2.24) is 0 Å². The van der Waals surface area contributed by atoms with Gasteiger partial charge >= 0.3 is 5.97 Å². The third-order valence-corrected chi connectivity index (χ3v) is 2.53. The second kappa shape index (κ2) is 4.23. The molecule has 0 aliphatic carbocycles. The highest BCUT2D eigenvalue weighted by molar-refractivity contribution is 7.10. The minimum atomic E-state index is -0.268. The van der Waals surface area contributed by atoms with Gasteiger partial charge in [-0.2, -0.15) is 0 Å². The summed E-state index contributed by atoms with van der Waals surface area (Å²) < 4.78 is 4.50. The second-order valence-corrected chi connectivity index (χ2v) is 3.38. The van der Waals surface area contributed by atoms with Crippen LogP contribution in [0.4, 0.5) is 0 Å². The molecule has 0 amide bonds. The Bertz CT molecular complexity index is 246. The molecule has 0 radical (unpaired) electrons. The van der Waals surface area contributed by atoms with Gasteiger partial charge in [-0.1, -0.05) is 6.07 Å². The first kappa shape index (κ1) is 9.22. The quantitative estimate of drug-likeness (QED) is 0.722. The summed E-state index contributed by atoms with van der Waals surface area (Å²) in [6.45, 7) is 0. The third kappa shape index (κ3) is 2.32. The van der Waals surface area contributed by atoms with Gasteiger partial charge in [-0.05, 0) is 11.4 Å². The lowest BCUT2D eigenvalue weighted by molar-refractivity contribution is -0.141. The van der Waals surface area contributed by atoms with E-state index in [0.717, 1.165) is 4.88 Å². The minimum absolute atomic E-state index is 0.225. The summed E-state index contributed by atoms with van der Waals surface area (Å²) in [7, 11) is 1.36.